The van der Waals surface area contributed by atoms with Gasteiger partial charge in [0.25, 0.3) is 5.56 Å². The molecule has 88 valence electrons. The summed E-state index contributed by atoms with van der Waals surface area (Å²) in [5, 5.41) is 4.15. The second kappa shape index (κ2) is 5.12. The summed E-state index contributed by atoms with van der Waals surface area (Å²) in [6.07, 6.45) is 1.86. The standard InChI is InChI=1S/C10H13ClN2O3/c1-4-7-8(11)5-12-13(9(7)14)6(2)10(15)16-3/h5-6H,4H2,1-3H3. The molecule has 0 fully saturated rings. The van der Waals surface area contributed by atoms with E-state index in [1.54, 1.807) is 6.92 Å². The van der Waals surface area contributed by atoms with Crippen LogP contribution >= 0.6 is 11.6 Å². The highest BCUT2D eigenvalue weighted by Crippen LogP contribution is 2.12. The van der Waals surface area contributed by atoms with E-state index in [4.69, 9.17) is 11.6 Å². The third-order valence-electron chi connectivity index (χ3n) is 2.31. The average Bonchev–Trinajstić information content (AvgIpc) is 2.28. The minimum Gasteiger partial charge on any atom is -0.467 e. The summed E-state index contributed by atoms with van der Waals surface area (Å²) in [5.41, 5.74) is 0.0975. The number of hydrogen-bond acceptors (Lipinski definition) is 4. The second-order valence-corrected chi connectivity index (χ2v) is 3.68. The minimum atomic E-state index is -0.750. The van der Waals surface area contributed by atoms with Gasteiger partial charge in [-0.05, 0) is 13.3 Å². The molecule has 0 aliphatic carbocycles. The highest BCUT2D eigenvalue weighted by molar-refractivity contribution is 6.31. The monoisotopic (exact) mass is 244 g/mol. The topological polar surface area (TPSA) is 61.2 Å². The number of halogens is 1. The predicted molar refractivity (Wildman–Crippen MR) is 59.6 cm³/mol. The quantitative estimate of drug-likeness (QED) is 0.750. The van der Waals surface area contributed by atoms with Crippen LogP contribution in [-0.2, 0) is 16.0 Å². The first-order valence-electron chi connectivity index (χ1n) is 4.86. The van der Waals surface area contributed by atoms with E-state index in [2.05, 4.69) is 9.84 Å². The molecule has 1 atom stereocenters. The fourth-order valence-corrected chi connectivity index (χ4v) is 1.61. The van der Waals surface area contributed by atoms with Crippen molar-refractivity contribution in [1.82, 2.24) is 9.78 Å². The second-order valence-electron chi connectivity index (χ2n) is 3.27. The van der Waals surface area contributed by atoms with Crippen molar-refractivity contribution >= 4 is 17.6 Å². The van der Waals surface area contributed by atoms with E-state index in [-0.39, 0.29) is 5.56 Å². The Morgan fingerprint density at radius 3 is 2.81 bits per heavy atom. The maximum Gasteiger partial charge on any atom is 0.330 e. The lowest BCUT2D eigenvalue weighted by atomic mass is 10.2. The number of esters is 1. The van der Waals surface area contributed by atoms with Gasteiger partial charge in [-0.1, -0.05) is 18.5 Å². The zero-order valence-electron chi connectivity index (χ0n) is 9.36. The van der Waals surface area contributed by atoms with Gasteiger partial charge in [-0.2, -0.15) is 5.10 Å². The van der Waals surface area contributed by atoms with Crippen molar-refractivity contribution < 1.29 is 9.53 Å². The Morgan fingerprint density at radius 1 is 1.69 bits per heavy atom. The molecule has 6 heteroatoms. The first-order valence-corrected chi connectivity index (χ1v) is 5.24. The molecule has 0 N–H and O–H groups in total. The van der Waals surface area contributed by atoms with Crippen molar-refractivity contribution in [3.05, 3.63) is 27.1 Å². The zero-order chi connectivity index (χ0) is 12.3. The molecular weight excluding hydrogens is 232 g/mol. The summed E-state index contributed by atoms with van der Waals surface area (Å²) >= 11 is 5.83. The Kier molecular flexibility index (Phi) is 4.06. The molecule has 1 unspecified atom stereocenters. The van der Waals surface area contributed by atoms with Gasteiger partial charge in [0, 0.05) is 5.56 Å². The molecule has 1 aromatic heterocycles. The molecule has 5 nitrogen and oxygen atoms in total. The predicted octanol–water partition coefficient (Wildman–Crippen LogP) is 1.19. The van der Waals surface area contributed by atoms with Crippen molar-refractivity contribution in [1.29, 1.82) is 0 Å². The zero-order valence-corrected chi connectivity index (χ0v) is 10.1. The van der Waals surface area contributed by atoms with Gasteiger partial charge in [-0.25, -0.2) is 9.48 Å². The lowest BCUT2D eigenvalue weighted by Crippen LogP contribution is -2.32. The molecule has 0 saturated carbocycles. The molecule has 0 aliphatic heterocycles. The summed E-state index contributed by atoms with van der Waals surface area (Å²) < 4.78 is 5.63. The Labute approximate surface area is 98.0 Å². The highest BCUT2D eigenvalue weighted by atomic mass is 35.5. The highest BCUT2D eigenvalue weighted by Gasteiger charge is 2.19. The lowest BCUT2D eigenvalue weighted by Gasteiger charge is -2.12. The summed E-state index contributed by atoms with van der Waals surface area (Å²) in [7, 11) is 1.26. The van der Waals surface area contributed by atoms with Gasteiger partial charge in [0.1, 0.15) is 0 Å². The average molecular weight is 245 g/mol. The Bertz CT molecular complexity index is 456. The molecule has 0 radical (unpaired) electrons. The molecule has 0 spiro atoms. The number of nitrogens with zero attached hydrogens (tertiary/aromatic N) is 2. The first-order chi connectivity index (χ1) is 7.52. The number of methoxy groups -OCH3 is 1. The molecule has 0 bridgehead atoms. The summed E-state index contributed by atoms with van der Waals surface area (Å²) in [6.45, 7) is 3.36. The van der Waals surface area contributed by atoms with Crippen LogP contribution in [0.25, 0.3) is 0 Å². The molecule has 0 aromatic carbocycles. The van der Waals surface area contributed by atoms with Crippen LogP contribution in [0.1, 0.15) is 25.5 Å². The van der Waals surface area contributed by atoms with Crippen LogP contribution < -0.4 is 5.56 Å². The fraction of sp³-hybridized carbons (Fsp3) is 0.500. The van der Waals surface area contributed by atoms with E-state index in [0.29, 0.717) is 17.0 Å². The number of aromatic nitrogens is 2. The van der Waals surface area contributed by atoms with E-state index in [0.717, 1.165) is 4.68 Å². The molecule has 1 aromatic rings. The van der Waals surface area contributed by atoms with Gasteiger partial charge in [0.2, 0.25) is 0 Å². The largest absolute Gasteiger partial charge is 0.467 e. The minimum absolute atomic E-state index is 0.320. The van der Waals surface area contributed by atoms with Crippen LogP contribution in [0, 0.1) is 0 Å². The van der Waals surface area contributed by atoms with Gasteiger partial charge in [0.15, 0.2) is 6.04 Å². The normalized spacial score (nSPS) is 12.2. The Morgan fingerprint density at radius 2 is 2.31 bits per heavy atom. The van der Waals surface area contributed by atoms with Crippen LogP contribution in [-0.4, -0.2) is 22.9 Å². The van der Waals surface area contributed by atoms with E-state index >= 15 is 0 Å². The van der Waals surface area contributed by atoms with Crippen molar-refractivity contribution in [2.75, 3.05) is 7.11 Å². The number of rotatable bonds is 3. The van der Waals surface area contributed by atoms with Gasteiger partial charge >= 0.3 is 5.97 Å². The van der Waals surface area contributed by atoms with Crippen molar-refractivity contribution in [2.45, 2.75) is 26.3 Å². The SMILES string of the molecule is CCc1c(Cl)cnn(C(C)C(=O)OC)c1=O. The van der Waals surface area contributed by atoms with Crippen LogP contribution in [0.4, 0.5) is 0 Å². The fourth-order valence-electron chi connectivity index (χ4n) is 1.35. The van der Waals surface area contributed by atoms with Crippen molar-refractivity contribution in [3.63, 3.8) is 0 Å². The smallest absolute Gasteiger partial charge is 0.330 e. The van der Waals surface area contributed by atoms with Crippen LogP contribution in [0.3, 0.4) is 0 Å². The Hall–Kier alpha value is -1.36. The summed E-state index contributed by atoms with van der Waals surface area (Å²) in [4.78, 5) is 23.2. The third kappa shape index (κ3) is 2.24. The van der Waals surface area contributed by atoms with Gasteiger partial charge in [-0.15, -0.1) is 0 Å². The van der Waals surface area contributed by atoms with Crippen LogP contribution in [0.15, 0.2) is 11.0 Å². The van der Waals surface area contributed by atoms with Gasteiger partial charge in [-0.3, -0.25) is 4.79 Å². The van der Waals surface area contributed by atoms with Crippen molar-refractivity contribution in [3.8, 4) is 0 Å². The van der Waals surface area contributed by atoms with Crippen LogP contribution in [0.2, 0.25) is 5.02 Å². The molecule has 0 saturated heterocycles. The number of ether oxygens (including phenoxy) is 1. The maximum atomic E-state index is 11.9. The molecular formula is C10H13ClN2O3. The van der Waals surface area contributed by atoms with E-state index < -0.39 is 12.0 Å². The molecule has 16 heavy (non-hydrogen) atoms. The third-order valence-corrected chi connectivity index (χ3v) is 2.64. The van der Waals surface area contributed by atoms with Gasteiger partial charge < -0.3 is 4.74 Å². The summed E-state index contributed by atoms with van der Waals surface area (Å²) in [6, 6.07) is -0.750. The number of carbonyl (C=O) groups is 1. The lowest BCUT2D eigenvalue weighted by molar-refractivity contribution is -0.144. The molecule has 0 aliphatic rings. The van der Waals surface area contributed by atoms with Crippen molar-refractivity contribution in [2.24, 2.45) is 0 Å². The first kappa shape index (κ1) is 12.7. The molecule has 0 amide bonds. The number of carbonyl (C=O) groups excluding carboxylic acids is 1. The van der Waals surface area contributed by atoms with E-state index in [1.807, 2.05) is 6.92 Å². The Balaban J connectivity index is 3.26. The maximum absolute atomic E-state index is 11.9. The van der Waals surface area contributed by atoms with Gasteiger partial charge in [0.05, 0.1) is 18.3 Å². The summed E-state index contributed by atoms with van der Waals surface area (Å²) in [5.74, 6) is -0.515. The van der Waals surface area contributed by atoms with Crippen LogP contribution in [0.5, 0.6) is 0 Å². The molecule has 1 rings (SSSR count). The van der Waals surface area contributed by atoms with E-state index in [9.17, 15) is 9.59 Å². The van der Waals surface area contributed by atoms with E-state index in [1.165, 1.54) is 13.3 Å². The number of hydrogen-bond donors (Lipinski definition) is 0. The molecule has 1 heterocycles.